The molecule has 0 aliphatic rings. The van der Waals surface area contributed by atoms with Crippen LogP contribution >= 0.6 is 27.5 Å². The molecule has 0 saturated carbocycles. The minimum Gasteiger partial charge on any atom is -0.464 e. The van der Waals surface area contributed by atoms with Crippen molar-refractivity contribution in [2.45, 2.75) is 6.92 Å². The summed E-state index contributed by atoms with van der Waals surface area (Å²) in [6, 6.07) is 5.31. The van der Waals surface area contributed by atoms with Crippen LogP contribution in [0.2, 0.25) is 5.02 Å². The van der Waals surface area contributed by atoms with Crippen molar-refractivity contribution in [1.29, 1.82) is 0 Å². The molecule has 0 atom stereocenters. The van der Waals surface area contributed by atoms with Gasteiger partial charge in [0.1, 0.15) is 5.75 Å². The predicted molar refractivity (Wildman–Crippen MR) is 74.6 cm³/mol. The molecule has 2 aromatic rings. The second kappa shape index (κ2) is 6.03. The van der Waals surface area contributed by atoms with Crippen molar-refractivity contribution in [2.24, 2.45) is 0 Å². The lowest BCUT2D eigenvalue weighted by Gasteiger charge is -2.07. The fourth-order valence-corrected chi connectivity index (χ4v) is 1.96. The van der Waals surface area contributed by atoms with Gasteiger partial charge < -0.3 is 15.2 Å². The SMILES string of the molecule is CCOc1nc(N)nc(Oc2ccc(Br)cc2Cl)n1. The monoisotopic (exact) mass is 344 g/mol. The highest BCUT2D eigenvalue weighted by Crippen LogP contribution is 2.30. The van der Waals surface area contributed by atoms with Crippen molar-refractivity contribution >= 4 is 33.5 Å². The van der Waals surface area contributed by atoms with E-state index in [1.165, 1.54) is 0 Å². The molecular weight excluding hydrogens is 336 g/mol. The molecule has 100 valence electrons. The van der Waals surface area contributed by atoms with Gasteiger partial charge in [-0.15, -0.1) is 4.98 Å². The summed E-state index contributed by atoms with van der Waals surface area (Å²) in [5, 5.41) is 0.423. The van der Waals surface area contributed by atoms with E-state index in [-0.39, 0.29) is 18.0 Å². The van der Waals surface area contributed by atoms with E-state index < -0.39 is 0 Å². The molecule has 1 heterocycles. The molecule has 0 spiro atoms. The Morgan fingerprint density at radius 2 is 2.00 bits per heavy atom. The summed E-state index contributed by atoms with van der Waals surface area (Å²) in [4.78, 5) is 11.6. The number of hydrogen-bond donors (Lipinski definition) is 1. The number of hydrogen-bond acceptors (Lipinski definition) is 6. The second-order valence-corrected chi connectivity index (χ2v) is 4.69. The molecule has 19 heavy (non-hydrogen) atoms. The summed E-state index contributed by atoms with van der Waals surface area (Å²) in [5.41, 5.74) is 5.54. The molecule has 0 aliphatic carbocycles. The Morgan fingerprint density at radius 3 is 2.68 bits per heavy atom. The number of anilines is 1. The number of ether oxygens (including phenoxy) is 2. The molecule has 0 saturated heterocycles. The van der Waals surface area contributed by atoms with Crippen molar-refractivity contribution in [1.82, 2.24) is 15.0 Å². The van der Waals surface area contributed by atoms with Gasteiger partial charge >= 0.3 is 12.0 Å². The molecule has 0 unspecified atom stereocenters. The van der Waals surface area contributed by atoms with Gasteiger partial charge in [0, 0.05) is 4.47 Å². The van der Waals surface area contributed by atoms with E-state index in [0.29, 0.717) is 17.4 Å². The Bertz CT molecular complexity index is 597. The Kier molecular flexibility index (Phi) is 4.39. The van der Waals surface area contributed by atoms with Crippen LogP contribution in [0.5, 0.6) is 17.8 Å². The molecule has 2 N–H and O–H groups in total. The summed E-state index contributed by atoms with van der Waals surface area (Å²) in [7, 11) is 0. The Morgan fingerprint density at radius 1 is 1.26 bits per heavy atom. The maximum absolute atomic E-state index is 6.03. The van der Waals surface area contributed by atoms with Gasteiger partial charge in [0.15, 0.2) is 0 Å². The Hall–Kier alpha value is -1.60. The van der Waals surface area contributed by atoms with E-state index in [1.54, 1.807) is 18.2 Å². The topological polar surface area (TPSA) is 83.2 Å². The number of benzene rings is 1. The average Bonchev–Trinajstić information content (AvgIpc) is 2.32. The second-order valence-electron chi connectivity index (χ2n) is 3.37. The van der Waals surface area contributed by atoms with Gasteiger partial charge in [0.05, 0.1) is 11.6 Å². The zero-order chi connectivity index (χ0) is 13.8. The van der Waals surface area contributed by atoms with Crippen molar-refractivity contribution in [2.75, 3.05) is 12.3 Å². The highest BCUT2D eigenvalue weighted by Gasteiger charge is 2.10. The molecule has 6 nitrogen and oxygen atoms in total. The van der Waals surface area contributed by atoms with Gasteiger partial charge in [-0.05, 0) is 25.1 Å². The van der Waals surface area contributed by atoms with Crippen LogP contribution in [0.3, 0.4) is 0 Å². The van der Waals surface area contributed by atoms with E-state index in [1.807, 2.05) is 6.92 Å². The van der Waals surface area contributed by atoms with Crippen LogP contribution < -0.4 is 15.2 Å². The van der Waals surface area contributed by atoms with Crippen molar-refractivity contribution in [3.8, 4) is 17.8 Å². The number of rotatable bonds is 4. The summed E-state index contributed by atoms with van der Waals surface area (Å²) in [6.45, 7) is 2.23. The first-order valence-electron chi connectivity index (χ1n) is 5.35. The molecule has 0 aliphatic heterocycles. The van der Waals surface area contributed by atoms with Crippen LogP contribution in [0.25, 0.3) is 0 Å². The third-order valence-corrected chi connectivity index (χ3v) is 2.77. The van der Waals surface area contributed by atoms with E-state index in [4.69, 9.17) is 26.8 Å². The largest absolute Gasteiger partial charge is 0.464 e. The first-order chi connectivity index (χ1) is 9.08. The van der Waals surface area contributed by atoms with E-state index in [0.717, 1.165) is 4.47 Å². The molecule has 1 aromatic carbocycles. The number of halogens is 2. The minimum atomic E-state index is 0.0154. The number of aromatic nitrogens is 3. The standard InChI is InChI=1S/C11H10BrClN4O2/c1-2-18-10-15-9(14)16-11(17-10)19-8-4-3-6(12)5-7(8)13/h3-5H,2H2,1H3,(H2,14,15,16,17). The van der Waals surface area contributed by atoms with Gasteiger partial charge in [0.2, 0.25) is 5.95 Å². The minimum absolute atomic E-state index is 0.0154. The summed E-state index contributed by atoms with van der Waals surface area (Å²) >= 11 is 9.34. The van der Waals surface area contributed by atoms with Crippen LogP contribution in [-0.2, 0) is 0 Å². The van der Waals surface area contributed by atoms with Crippen molar-refractivity contribution < 1.29 is 9.47 Å². The first-order valence-corrected chi connectivity index (χ1v) is 6.53. The highest BCUT2D eigenvalue weighted by atomic mass is 79.9. The molecule has 0 bridgehead atoms. The first kappa shape index (κ1) is 13.8. The summed E-state index contributed by atoms with van der Waals surface area (Å²) in [6.07, 6.45) is 0. The molecule has 8 heteroatoms. The smallest absolute Gasteiger partial charge is 0.330 e. The quantitative estimate of drug-likeness (QED) is 0.917. The van der Waals surface area contributed by atoms with Gasteiger partial charge in [-0.1, -0.05) is 27.5 Å². The molecule has 0 amide bonds. The summed E-state index contributed by atoms with van der Waals surface area (Å²) < 4.78 is 11.5. The third kappa shape index (κ3) is 3.68. The fraction of sp³-hybridized carbons (Fsp3) is 0.182. The maximum atomic E-state index is 6.03. The molecule has 2 rings (SSSR count). The average molecular weight is 346 g/mol. The fourth-order valence-electron chi connectivity index (χ4n) is 1.25. The zero-order valence-electron chi connectivity index (χ0n) is 9.93. The van der Waals surface area contributed by atoms with Crippen molar-refractivity contribution in [3.05, 3.63) is 27.7 Å². The molecule has 0 radical (unpaired) electrons. The van der Waals surface area contributed by atoms with Gasteiger partial charge in [-0.25, -0.2) is 0 Å². The van der Waals surface area contributed by atoms with Crippen LogP contribution in [0.1, 0.15) is 6.92 Å². The number of nitrogens with two attached hydrogens (primary N) is 1. The van der Waals surface area contributed by atoms with E-state index >= 15 is 0 Å². The van der Waals surface area contributed by atoms with Crippen molar-refractivity contribution in [3.63, 3.8) is 0 Å². The summed E-state index contributed by atoms with van der Waals surface area (Å²) in [5.74, 6) is 0.430. The number of nitrogens with zero attached hydrogens (tertiary/aromatic N) is 3. The van der Waals surface area contributed by atoms with Gasteiger partial charge in [-0.2, -0.15) is 9.97 Å². The van der Waals surface area contributed by atoms with Crippen LogP contribution in [0, 0.1) is 0 Å². The lowest BCUT2D eigenvalue weighted by atomic mass is 10.3. The highest BCUT2D eigenvalue weighted by molar-refractivity contribution is 9.10. The maximum Gasteiger partial charge on any atom is 0.330 e. The van der Waals surface area contributed by atoms with Gasteiger partial charge in [0.25, 0.3) is 0 Å². The van der Waals surface area contributed by atoms with E-state index in [2.05, 4.69) is 30.9 Å². The van der Waals surface area contributed by atoms with Crippen LogP contribution in [-0.4, -0.2) is 21.6 Å². The van der Waals surface area contributed by atoms with E-state index in [9.17, 15) is 0 Å². The lowest BCUT2D eigenvalue weighted by Crippen LogP contribution is -2.04. The number of nitrogen functional groups attached to an aromatic ring is 1. The lowest BCUT2D eigenvalue weighted by molar-refractivity contribution is 0.304. The predicted octanol–water partition coefficient (Wildman–Crippen LogP) is 3.06. The molecule has 0 fully saturated rings. The Labute approximate surface area is 123 Å². The molecular formula is C11H10BrClN4O2. The van der Waals surface area contributed by atoms with Crippen LogP contribution in [0.4, 0.5) is 5.95 Å². The Balaban J connectivity index is 2.27. The third-order valence-electron chi connectivity index (χ3n) is 1.98. The molecule has 1 aromatic heterocycles. The zero-order valence-corrected chi connectivity index (χ0v) is 12.3. The normalized spacial score (nSPS) is 10.3. The van der Waals surface area contributed by atoms with Crippen LogP contribution in [0.15, 0.2) is 22.7 Å². The van der Waals surface area contributed by atoms with Gasteiger partial charge in [-0.3, -0.25) is 0 Å².